The first-order valence-electron chi connectivity index (χ1n) is 5.37. The first kappa shape index (κ1) is 15.2. The van der Waals surface area contributed by atoms with Crippen molar-refractivity contribution in [1.82, 2.24) is 9.97 Å². The Bertz CT molecular complexity index is 499. The van der Waals surface area contributed by atoms with E-state index in [1.807, 2.05) is 0 Å². The summed E-state index contributed by atoms with van der Waals surface area (Å²) in [7, 11) is 0. The Morgan fingerprint density at radius 1 is 1.42 bits per heavy atom. The SMILES string of the molecule is CSc1ncc(NC(=O)OC(C)(C)C)c(C(=O)O)n1. The number of carbonyl (C=O) groups excluding carboxylic acids is 1. The smallest absolute Gasteiger partial charge is 0.412 e. The van der Waals surface area contributed by atoms with Gasteiger partial charge in [-0.1, -0.05) is 11.8 Å². The van der Waals surface area contributed by atoms with Crippen LogP contribution in [0.5, 0.6) is 0 Å². The molecule has 1 heterocycles. The fraction of sp³-hybridized carbons (Fsp3) is 0.455. The van der Waals surface area contributed by atoms with Crippen molar-refractivity contribution in [2.75, 3.05) is 11.6 Å². The molecule has 0 aliphatic carbocycles. The predicted octanol–water partition coefficient (Wildman–Crippen LogP) is 2.24. The Balaban J connectivity index is 2.95. The molecule has 1 amide bonds. The summed E-state index contributed by atoms with van der Waals surface area (Å²) in [5, 5.41) is 11.7. The fourth-order valence-electron chi connectivity index (χ4n) is 1.13. The van der Waals surface area contributed by atoms with E-state index in [0.29, 0.717) is 5.16 Å². The lowest BCUT2D eigenvalue weighted by atomic mass is 10.2. The van der Waals surface area contributed by atoms with Gasteiger partial charge in [-0.2, -0.15) is 0 Å². The van der Waals surface area contributed by atoms with Crippen molar-refractivity contribution in [3.63, 3.8) is 0 Å². The largest absolute Gasteiger partial charge is 0.476 e. The molecule has 0 fully saturated rings. The topological polar surface area (TPSA) is 101 Å². The number of nitrogens with one attached hydrogen (secondary N) is 1. The van der Waals surface area contributed by atoms with Crippen LogP contribution in [-0.4, -0.2) is 39.0 Å². The second-order valence-corrected chi connectivity index (χ2v) is 5.32. The molecule has 0 bridgehead atoms. The zero-order chi connectivity index (χ0) is 14.6. The molecule has 1 aromatic rings. The van der Waals surface area contributed by atoms with E-state index < -0.39 is 17.7 Å². The molecule has 0 unspecified atom stereocenters. The minimum absolute atomic E-state index is 0.000417. The van der Waals surface area contributed by atoms with Gasteiger partial charge in [-0.25, -0.2) is 19.6 Å². The summed E-state index contributed by atoms with van der Waals surface area (Å²) in [6.07, 6.45) is 2.21. The number of carboxylic acid groups (broad SMARTS) is 1. The highest BCUT2D eigenvalue weighted by Crippen LogP contribution is 2.17. The van der Waals surface area contributed by atoms with Crippen LogP contribution < -0.4 is 5.32 Å². The molecule has 0 atom stereocenters. The quantitative estimate of drug-likeness (QED) is 0.648. The van der Waals surface area contributed by atoms with Gasteiger partial charge in [0, 0.05) is 0 Å². The number of carboxylic acids is 1. The minimum atomic E-state index is -1.25. The van der Waals surface area contributed by atoms with E-state index in [9.17, 15) is 9.59 Å². The number of hydrogen-bond donors (Lipinski definition) is 2. The highest BCUT2D eigenvalue weighted by atomic mass is 32.2. The van der Waals surface area contributed by atoms with Crippen molar-refractivity contribution in [2.45, 2.75) is 31.5 Å². The number of carbonyl (C=O) groups is 2. The Morgan fingerprint density at radius 3 is 2.53 bits per heavy atom. The van der Waals surface area contributed by atoms with Crippen LogP contribution >= 0.6 is 11.8 Å². The highest BCUT2D eigenvalue weighted by Gasteiger charge is 2.20. The normalized spacial score (nSPS) is 10.9. The van der Waals surface area contributed by atoms with Crippen LogP contribution in [0.15, 0.2) is 11.4 Å². The molecule has 19 heavy (non-hydrogen) atoms. The van der Waals surface area contributed by atoms with E-state index in [1.165, 1.54) is 18.0 Å². The number of aromatic carboxylic acids is 1. The molecule has 0 aromatic carbocycles. The molecule has 0 aliphatic heterocycles. The van der Waals surface area contributed by atoms with E-state index in [-0.39, 0.29) is 11.4 Å². The van der Waals surface area contributed by atoms with Crippen LogP contribution in [0.3, 0.4) is 0 Å². The maximum atomic E-state index is 11.6. The Labute approximate surface area is 114 Å². The molecular formula is C11H15N3O4S. The first-order chi connectivity index (χ1) is 8.73. The third-order valence-electron chi connectivity index (χ3n) is 1.79. The number of hydrogen-bond acceptors (Lipinski definition) is 6. The standard InChI is InChI=1S/C11H15N3O4S/c1-11(2,3)18-10(17)13-6-5-12-9(19-4)14-7(6)8(15)16/h5H,1-4H3,(H,13,17)(H,15,16). The molecule has 1 aromatic heterocycles. The predicted molar refractivity (Wildman–Crippen MR) is 70.6 cm³/mol. The summed E-state index contributed by atoms with van der Waals surface area (Å²) in [4.78, 5) is 30.4. The maximum Gasteiger partial charge on any atom is 0.412 e. The molecule has 1 rings (SSSR count). The molecule has 104 valence electrons. The van der Waals surface area contributed by atoms with Gasteiger partial charge < -0.3 is 9.84 Å². The molecule has 0 saturated carbocycles. The van der Waals surface area contributed by atoms with Gasteiger partial charge in [0.15, 0.2) is 10.9 Å². The average Bonchev–Trinajstić information content (AvgIpc) is 2.26. The van der Waals surface area contributed by atoms with Gasteiger partial charge in [0.05, 0.1) is 11.9 Å². The van der Waals surface area contributed by atoms with Crippen molar-refractivity contribution in [3.05, 3.63) is 11.9 Å². The van der Waals surface area contributed by atoms with Gasteiger partial charge in [-0.05, 0) is 27.0 Å². The molecule has 8 heteroatoms. The third-order valence-corrected chi connectivity index (χ3v) is 2.35. The van der Waals surface area contributed by atoms with Crippen molar-refractivity contribution >= 4 is 29.5 Å². The van der Waals surface area contributed by atoms with E-state index >= 15 is 0 Å². The molecule has 0 saturated heterocycles. The van der Waals surface area contributed by atoms with E-state index in [2.05, 4.69) is 15.3 Å². The Morgan fingerprint density at radius 2 is 2.05 bits per heavy atom. The first-order valence-corrected chi connectivity index (χ1v) is 6.59. The maximum absolute atomic E-state index is 11.6. The summed E-state index contributed by atoms with van der Waals surface area (Å²) >= 11 is 1.21. The van der Waals surface area contributed by atoms with Crippen molar-refractivity contribution in [1.29, 1.82) is 0 Å². The average molecular weight is 285 g/mol. The van der Waals surface area contributed by atoms with Gasteiger partial charge in [-0.3, -0.25) is 5.32 Å². The number of aromatic nitrogens is 2. The van der Waals surface area contributed by atoms with Crippen LogP contribution in [0.2, 0.25) is 0 Å². The molecule has 0 aliphatic rings. The number of rotatable bonds is 3. The lowest BCUT2D eigenvalue weighted by Gasteiger charge is -2.19. The lowest BCUT2D eigenvalue weighted by Crippen LogP contribution is -2.28. The van der Waals surface area contributed by atoms with Gasteiger partial charge >= 0.3 is 12.1 Å². The van der Waals surface area contributed by atoms with Crippen LogP contribution in [-0.2, 0) is 4.74 Å². The summed E-state index contributed by atoms with van der Waals surface area (Å²) in [5.74, 6) is -1.25. The van der Waals surface area contributed by atoms with Gasteiger partial charge in [-0.15, -0.1) is 0 Å². The van der Waals surface area contributed by atoms with Crippen molar-refractivity contribution in [3.8, 4) is 0 Å². The van der Waals surface area contributed by atoms with E-state index in [1.54, 1.807) is 27.0 Å². The zero-order valence-corrected chi connectivity index (χ0v) is 11.9. The summed E-state index contributed by atoms with van der Waals surface area (Å²) in [6.45, 7) is 5.12. The zero-order valence-electron chi connectivity index (χ0n) is 11.1. The number of thioether (sulfide) groups is 1. The second-order valence-electron chi connectivity index (χ2n) is 4.55. The Hall–Kier alpha value is -1.83. The Kier molecular flexibility index (Phi) is 4.71. The second kappa shape index (κ2) is 5.87. The number of ether oxygens (including phenoxy) is 1. The highest BCUT2D eigenvalue weighted by molar-refractivity contribution is 7.98. The molecule has 2 N–H and O–H groups in total. The van der Waals surface area contributed by atoms with E-state index in [0.717, 1.165) is 0 Å². The van der Waals surface area contributed by atoms with Crippen LogP contribution in [0.25, 0.3) is 0 Å². The summed E-state index contributed by atoms with van der Waals surface area (Å²) in [6, 6.07) is 0. The summed E-state index contributed by atoms with van der Waals surface area (Å²) in [5.41, 5.74) is -0.946. The van der Waals surface area contributed by atoms with E-state index in [4.69, 9.17) is 9.84 Å². The van der Waals surface area contributed by atoms with Crippen LogP contribution in [0, 0.1) is 0 Å². The number of nitrogens with zero attached hydrogens (tertiary/aromatic N) is 2. The number of amides is 1. The molecule has 0 spiro atoms. The number of anilines is 1. The van der Waals surface area contributed by atoms with Crippen molar-refractivity contribution < 1.29 is 19.4 Å². The minimum Gasteiger partial charge on any atom is -0.476 e. The molecule has 7 nitrogen and oxygen atoms in total. The van der Waals surface area contributed by atoms with Crippen LogP contribution in [0.4, 0.5) is 10.5 Å². The van der Waals surface area contributed by atoms with Gasteiger partial charge in [0.1, 0.15) is 5.60 Å². The third kappa shape index (κ3) is 4.74. The molecule has 0 radical (unpaired) electrons. The van der Waals surface area contributed by atoms with Crippen molar-refractivity contribution in [2.24, 2.45) is 0 Å². The monoisotopic (exact) mass is 285 g/mol. The summed E-state index contributed by atoms with van der Waals surface area (Å²) < 4.78 is 5.03. The fourth-order valence-corrected chi connectivity index (χ4v) is 1.47. The molecular weight excluding hydrogens is 270 g/mol. The van der Waals surface area contributed by atoms with Crippen LogP contribution in [0.1, 0.15) is 31.3 Å². The van der Waals surface area contributed by atoms with Gasteiger partial charge in [0.2, 0.25) is 0 Å². The van der Waals surface area contributed by atoms with Gasteiger partial charge in [0.25, 0.3) is 0 Å². The lowest BCUT2D eigenvalue weighted by molar-refractivity contribution is 0.0635.